The van der Waals surface area contributed by atoms with Gasteiger partial charge >= 0.3 is 19.5 Å². The Morgan fingerprint density at radius 1 is 0.658 bits per heavy atom. The molecule has 0 amide bonds. The van der Waals surface area contributed by atoms with Crippen LogP contribution in [0.25, 0.3) is 0 Å². The van der Waals surface area contributed by atoms with Crippen molar-refractivity contribution in [2.45, 2.75) is 51.2 Å². The number of rotatable bonds is 1. The maximum Gasteiger partial charge on any atom is 0.498 e. The normalized spacial score (nSPS) is 16.2. The molecule has 0 atom stereocenters. The van der Waals surface area contributed by atoms with Crippen molar-refractivity contribution in [2.24, 2.45) is 0 Å². The molecule has 0 bridgehead atoms. The van der Waals surface area contributed by atoms with Crippen molar-refractivity contribution in [3.05, 3.63) is 61.6 Å². The molecule has 0 saturated carbocycles. The molecular formula is C20H18BBr2F6IN6O2. The van der Waals surface area contributed by atoms with Crippen LogP contribution in [-0.2, 0) is 21.7 Å². The van der Waals surface area contributed by atoms with Crippen molar-refractivity contribution < 1.29 is 35.7 Å². The molecule has 1 aliphatic heterocycles. The summed E-state index contributed by atoms with van der Waals surface area (Å²) in [5.74, 6) is -2.30. The molecule has 1 saturated heterocycles. The monoisotopic (exact) mass is 784 g/mol. The van der Waals surface area contributed by atoms with Gasteiger partial charge in [0, 0.05) is 65.2 Å². The van der Waals surface area contributed by atoms with Gasteiger partial charge in [-0.25, -0.2) is 29.9 Å². The van der Waals surface area contributed by atoms with Crippen LogP contribution >= 0.6 is 54.5 Å². The first kappa shape index (κ1) is 32.7. The second-order valence-corrected chi connectivity index (χ2v) is 11.1. The summed E-state index contributed by atoms with van der Waals surface area (Å²) in [7, 11) is -0.757. The summed E-state index contributed by atoms with van der Waals surface area (Å²) in [6.07, 6.45) is -1.31. The van der Waals surface area contributed by atoms with Crippen LogP contribution in [0.1, 0.15) is 39.3 Å². The van der Waals surface area contributed by atoms with Gasteiger partial charge in [0.25, 0.3) is 0 Å². The quantitative estimate of drug-likeness (QED) is 0.131. The van der Waals surface area contributed by atoms with Gasteiger partial charge in [-0.15, -0.1) is 0 Å². The highest BCUT2D eigenvalue weighted by molar-refractivity contribution is 14.1. The molecule has 0 unspecified atom stereocenters. The van der Waals surface area contributed by atoms with Crippen LogP contribution < -0.4 is 5.46 Å². The van der Waals surface area contributed by atoms with Gasteiger partial charge in [0.1, 0.15) is 0 Å². The molecule has 1 aliphatic rings. The first-order valence-electron chi connectivity index (χ1n) is 10.2. The molecule has 38 heavy (non-hydrogen) atoms. The minimum atomic E-state index is -4.55. The van der Waals surface area contributed by atoms with Crippen molar-refractivity contribution >= 4 is 67.0 Å². The second kappa shape index (κ2) is 12.8. The fourth-order valence-corrected chi connectivity index (χ4v) is 3.03. The number of nitrogens with zero attached hydrogens (tertiary/aromatic N) is 6. The Bertz CT molecular complexity index is 1150. The number of aromatic nitrogens is 6. The molecule has 4 rings (SSSR count). The lowest BCUT2D eigenvalue weighted by molar-refractivity contribution is -0.145. The third-order valence-electron chi connectivity index (χ3n) is 4.91. The van der Waals surface area contributed by atoms with Crippen molar-refractivity contribution in [3.63, 3.8) is 0 Å². The summed E-state index contributed by atoms with van der Waals surface area (Å²) < 4.78 is 85.9. The van der Waals surface area contributed by atoms with E-state index in [4.69, 9.17) is 9.31 Å². The summed E-state index contributed by atoms with van der Waals surface area (Å²) in [6, 6.07) is 0. The summed E-state index contributed by atoms with van der Waals surface area (Å²) in [5.41, 5.74) is -0.743. The number of alkyl halides is 6. The summed E-state index contributed by atoms with van der Waals surface area (Å²) in [5, 5.41) is 0. The third kappa shape index (κ3) is 9.60. The van der Waals surface area contributed by atoms with Gasteiger partial charge in [-0.3, -0.25) is 0 Å². The van der Waals surface area contributed by atoms with E-state index in [0.717, 1.165) is 33.1 Å². The van der Waals surface area contributed by atoms with Gasteiger partial charge in [0.05, 0.1) is 20.1 Å². The minimum absolute atomic E-state index is 0.367. The standard InChI is InChI=1S/C11H14BF3N2O2.C5H2BrF3N2.C4H2BrIN2/c1-9(2)10(3,4)19-12(18-9)7-5-16-8(17-6-7)11(13,14)15;6-3-1-10-4(11-2-3)5(7,8)9;5-3-1-7-4(6)8-2-3/h5-6H,1-4H3;1-2H;1-2H. The first-order chi connectivity index (χ1) is 17.3. The lowest BCUT2D eigenvalue weighted by Crippen LogP contribution is -2.41. The van der Waals surface area contributed by atoms with Gasteiger partial charge in [-0.1, -0.05) is 0 Å². The third-order valence-corrected chi connectivity index (χ3v) is 6.29. The topological polar surface area (TPSA) is 95.8 Å². The molecule has 18 heteroatoms. The van der Waals surface area contributed by atoms with E-state index >= 15 is 0 Å². The van der Waals surface area contributed by atoms with Gasteiger partial charge in [-0.2, -0.15) is 26.3 Å². The molecule has 8 nitrogen and oxygen atoms in total. The fraction of sp³-hybridized carbons (Fsp3) is 0.400. The van der Waals surface area contributed by atoms with E-state index in [9.17, 15) is 26.3 Å². The molecule has 0 radical (unpaired) electrons. The zero-order chi connectivity index (χ0) is 28.9. The van der Waals surface area contributed by atoms with Crippen LogP contribution in [0.15, 0.2) is 46.1 Å². The molecule has 0 aliphatic carbocycles. The Balaban J connectivity index is 0.000000224. The molecule has 0 spiro atoms. The lowest BCUT2D eigenvalue weighted by atomic mass is 9.81. The van der Waals surface area contributed by atoms with Crippen LogP contribution in [0.5, 0.6) is 0 Å². The van der Waals surface area contributed by atoms with E-state index in [1.54, 1.807) is 12.4 Å². The van der Waals surface area contributed by atoms with Gasteiger partial charge in [0.15, 0.2) is 3.83 Å². The Morgan fingerprint density at radius 3 is 1.29 bits per heavy atom. The SMILES string of the molecule is Brc1cnc(I)nc1.CC1(C)OB(c2cnc(C(F)(F)F)nc2)OC1(C)C.FC(F)(F)c1ncc(Br)cn1. The minimum Gasteiger partial charge on any atom is -0.399 e. The number of hydrogen-bond donors (Lipinski definition) is 0. The molecule has 1 fully saturated rings. The average molecular weight is 786 g/mol. The molecule has 0 aromatic carbocycles. The number of hydrogen-bond acceptors (Lipinski definition) is 8. The van der Waals surface area contributed by atoms with Crippen LogP contribution in [0, 0.1) is 3.83 Å². The van der Waals surface area contributed by atoms with E-state index < -0.39 is 42.3 Å². The van der Waals surface area contributed by atoms with Gasteiger partial charge in [-0.05, 0) is 59.6 Å². The molecule has 0 N–H and O–H groups in total. The van der Waals surface area contributed by atoms with E-state index in [-0.39, 0.29) is 0 Å². The molecule has 3 aromatic rings. The average Bonchev–Trinajstić information content (AvgIpc) is 3.03. The highest BCUT2D eigenvalue weighted by Crippen LogP contribution is 2.36. The van der Waals surface area contributed by atoms with Crippen molar-refractivity contribution in [2.75, 3.05) is 0 Å². The predicted octanol–water partition coefficient (Wildman–Crippen LogP) is 5.90. The van der Waals surface area contributed by atoms with E-state index in [2.05, 4.69) is 84.4 Å². The highest BCUT2D eigenvalue weighted by Gasteiger charge is 2.52. The summed E-state index contributed by atoms with van der Waals surface area (Å²) in [6.45, 7) is 7.44. The van der Waals surface area contributed by atoms with E-state index in [1.165, 1.54) is 0 Å². The molecule has 206 valence electrons. The Hall–Kier alpha value is -1.51. The zero-order valence-electron chi connectivity index (χ0n) is 19.9. The second-order valence-electron chi connectivity index (χ2n) is 8.32. The van der Waals surface area contributed by atoms with Crippen LogP contribution in [-0.4, -0.2) is 48.2 Å². The van der Waals surface area contributed by atoms with Crippen LogP contribution in [0.2, 0.25) is 0 Å². The lowest BCUT2D eigenvalue weighted by Gasteiger charge is -2.32. The van der Waals surface area contributed by atoms with E-state index in [1.807, 2.05) is 27.7 Å². The molecule has 4 heterocycles. The van der Waals surface area contributed by atoms with Crippen molar-refractivity contribution in [1.82, 2.24) is 29.9 Å². The van der Waals surface area contributed by atoms with Gasteiger partial charge in [0.2, 0.25) is 11.6 Å². The Morgan fingerprint density at radius 2 is 0.974 bits per heavy atom. The zero-order valence-corrected chi connectivity index (χ0v) is 25.3. The first-order valence-corrected chi connectivity index (χ1v) is 12.9. The van der Waals surface area contributed by atoms with Crippen LogP contribution in [0.4, 0.5) is 26.3 Å². The fourth-order valence-electron chi connectivity index (χ4n) is 2.34. The van der Waals surface area contributed by atoms with E-state index in [0.29, 0.717) is 9.94 Å². The predicted molar refractivity (Wildman–Crippen MR) is 140 cm³/mol. The van der Waals surface area contributed by atoms with Gasteiger partial charge < -0.3 is 9.31 Å². The van der Waals surface area contributed by atoms with Crippen LogP contribution in [0.3, 0.4) is 0 Å². The maximum absolute atomic E-state index is 12.4. The van der Waals surface area contributed by atoms with Crippen molar-refractivity contribution in [1.29, 1.82) is 0 Å². The smallest absolute Gasteiger partial charge is 0.399 e. The summed E-state index contributed by atoms with van der Waals surface area (Å²) >= 11 is 8.19. The largest absolute Gasteiger partial charge is 0.498 e. The molecule has 3 aromatic heterocycles. The number of halogens is 9. The Kier molecular flexibility index (Phi) is 11.0. The highest BCUT2D eigenvalue weighted by atomic mass is 127. The van der Waals surface area contributed by atoms with Crippen molar-refractivity contribution in [3.8, 4) is 0 Å². The maximum atomic E-state index is 12.4. The Labute approximate surface area is 244 Å². The summed E-state index contributed by atoms with van der Waals surface area (Å²) in [4.78, 5) is 20.5. The molecular weight excluding hydrogens is 768 g/mol.